The van der Waals surface area contributed by atoms with Crippen molar-refractivity contribution in [1.82, 2.24) is 4.90 Å². The third-order valence-electron chi connectivity index (χ3n) is 3.98. The number of aliphatic hydroxyl groups excluding tert-OH is 1. The molecule has 0 radical (unpaired) electrons. The zero-order valence-electron chi connectivity index (χ0n) is 13.8. The minimum Gasteiger partial charge on any atom is -0.388 e. The number of nitrogens with zero attached hydrogens (tertiary/aromatic N) is 1. The fourth-order valence-electron chi connectivity index (χ4n) is 2.87. The highest BCUT2D eigenvalue weighted by Gasteiger charge is 2.18. The first-order chi connectivity index (χ1) is 9.97. The molecule has 21 heavy (non-hydrogen) atoms. The second kappa shape index (κ2) is 9.60. The molecule has 0 aliphatic rings. The van der Waals surface area contributed by atoms with E-state index in [1.54, 1.807) is 0 Å². The fraction of sp³-hybridized carbons (Fsp3) is 0.667. The maximum atomic E-state index is 10.4. The molecule has 0 aliphatic carbocycles. The summed E-state index contributed by atoms with van der Waals surface area (Å²) in [5.41, 5.74) is 0.999. The van der Waals surface area contributed by atoms with Gasteiger partial charge in [0.25, 0.3) is 0 Å². The molecule has 0 aliphatic heterocycles. The Morgan fingerprint density at radius 1 is 1.19 bits per heavy atom. The van der Waals surface area contributed by atoms with E-state index in [4.69, 9.17) is 0 Å². The molecule has 0 saturated heterocycles. The highest BCUT2D eigenvalue weighted by molar-refractivity contribution is 9.10. The molecule has 0 bridgehead atoms. The van der Waals surface area contributed by atoms with Crippen molar-refractivity contribution in [2.75, 3.05) is 13.1 Å². The average molecular weight is 356 g/mol. The van der Waals surface area contributed by atoms with E-state index in [9.17, 15) is 5.11 Å². The molecule has 1 aromatic carbocycles. The van der Waals surface area contributed by atoms with Gasteiger partial charge in [0.2, 0.25) is 0 Å². The topological polar surface area (TPSA) is 23.5 Å². The van der Waals surface area contributed by atoms with E-state index in [-0.39, 0.29) is 6.10 Å². The van der Waals surface area contributed by atoms with Gasteiger partial charge in [-0.15, -0.1) is 0 Å². The lowest BCUT2D eigenvalue weighted by molar-refractivity contribution is 0.111. The van der Waals surface area contributed by atoms with Crippen LogP contribution in [0.25, 0.3) is 0 Å². The summed E-state index contributed by atoms with van der Waals surface area (Å²) in [6.07, 6.45) is 2.76. The molecule has 1 N–H and O–H groups in total. The molecular weight excluding hydrogens is 326 g/mol. The first-order valence-corrected chi connectivity index (χ1v) is 8.94. The Kier molecular flexibility index (Phi) is 8.53. The monoisotopic (exact) mass is 355 g/mol. The van der Waals surface area contributed by atoms with Crippen molar-refractivity contribution >= 4 is 15.9 Å². The first kappa shape index (κ1) is 18.7. The Morgan fingerprint density at radius 2 is 1.86 bits per heavy atom. The van der Waals surface area contributed by atoms with Crippen LogP contribution in [0.3, 0.4) is 0 Å². The summed E-state index contributed by atoms with van der Waals surface area (Å²) >= 11 is 3.47. The molecule has 0 spiro atoms. The summed E-state index contributed by atoms with van der Waals surface area (Å²) in [5, 5.41) is 10.4. The van der Waals surface area contributed by atoms with Crippen LogP contribution in [0.4, 0.5) is 0 Å². The highest BCUT2D eigenvalue weighted by atomic mass is 79.9. The summed E-state index contributed by atoms with van der Waals surface area (Å²) in [4.78, 5) is 2.55. The van der Waals surface area contributed by atoms with Crippen LogP contribution in [-0.2, 0) is 0 Å². The van der Waals surface area contributed by atoms with Gasteiger partial charge in [-0.1, -0.05) is 55.8 Å². The molecule has 0 aromatic heterocycles. The van der Waals surface area contributed by atoms with Crippen LogP contribution in [0.15, 0.2) is 28.7 Å². The van der Waals surface area contributed by atoms with E-state index in [1.807, 2.05) is 24.3 Å². The quantitative estimate of drug-likeness (QED) is 0.672. The number of hydrogen-bond donors (Lipinski definition) is 1. The molecule has 1 rings (SSSR count). The highest BCUT2D eigenvalue weighted by Crippen LogP contribution is 2.22. The number of halogens is 1. The van der Waals surface area contributed by atoms with Crippen molar-refractivity contribution in [3.05, 3.63) is 34.3 Å². The molecule has 3 heteroatoms. The Labute approximate surface area is 138 Å². The van der Waals surface area contributed by atoms with E-state index < -0.39 is 0 Å². The van der Waals surface area contributed by atoms with Crippen molar-refractivity contribution < 1.29 is 5.11 Å². The molecule has 120 valence electrons. The Hall–Kier alpha value is -0.380. The SMILES string of the molecule is CCC(CC)N(CCC(O)c1cccc(Br)c1)CC(C)C. The lowest BCUT2D eigenvalue weighted by Gasteiger charge is -2.32. The lowest BCUT2D eigenvalue weighted by Crippen LogP contribution is -2.38. The molecule has 0 saturated carbocycles. The van der Waals surface area contributed by atoms with Crippen LogP contribution in [0.1, 0.15) is 58.6 Å². The van der Waals surface area contributed by atoms with Crippen LogP contribution in [0.2, 0.25) is 0 Å². The minimum absolute atomic E-state index is 0.383. The molecule has 1 aromatic rings. The van der Waals surface area contributed by atoms with Gasteiger partial charge in [0.1, 0.15) is 0 Å². The fourth-order valence-corrected chi connectivity index (χ4v) is 3.28. The van der Waals surface area contributed by atoms with Gasteiger partial charge in [0.15, 0.2) is 0 Å². The van der Waals surface area contributed by atoms with Gasteiger partial charge >= 0.3 is 0 Å². The largest absolute Gasteiger partial charge is 0.388 e. The number of benzene rings is 1. The van der Waals surface area contributed by atoms with Crippen molar-refractivity contribution in [1.29, 1.82) is 0 Å². The summed E-state index contributed by atoms with van der Waals surface area (Å²) in [6.45, 7) is 11.1. The van der Waals surface area contributed by atoms with Gasteiger partial charge in [-0.2, -0.15) is 0 Å². The number of aliphatic hydroxyl groups is 1. The van der Waals surface area contributed by atoms with E-state index in [0.717, 1.165) is 29.5 Å². The molecule has 0 amide bonds. The predicted molar refractivity (Wildman–Crippen MR) is 94.5 cm³/mol. The van der Waals surface area contributed by atoms with E-state index in [1.165, 1.54) is 12.8 Å². The summed E-state index contributed by atoms with van der Waals surface area (Å²) in [6, 6.07) is 8.61. The average Bonchev–Trinajstić information content (AvgIpc) is 2.45. The van der Waals surface area contributed by atoms with Crippen LogP contribution >= 0.6 is 15.9 Å². The van der Waals surface area contributed by atoms with Crippen molar-refractivity contribution in [2.45, 2.75) is 59.1 Å². The zero-order valence-corrected chi connectivity index (χ0v) is 15.4. The minimum atomic E-state index is -0.383. The van der Waals surface area contributed by atoms with Gasteiger partial charge in [-0.05, 0) is 42.9 Å². The molecule has 1 atom stereocenters. The molecule has 2 nitrogen and oxygen atoms in total. The lowest BCUT2D eigenvalue weighted by atomic mass is 10.0. The molecule has 1 unspecified atom stereocenters. The third-order valence-corrected chi connectivity index (χ3v) is 4.48. The summed E-state index contributed by atoms with van der Waals surface area (Å²) in [7, 11) is 0. The predicted octanol–water partition coefficient (Wildman–Crippen LogP) is 5.02. The standard InChI is InChI=1S/C18H30BrNO/c1-5-17(6-2)20(13-14(3)4)11-10-18(21)15-8-7-9-16(19)12-15/h7-9,12,14,17-18,21H,5-6,10-11,13H2,1-4H3. The Bertz CT molecular complexity index is 404. The van der Waals surface area contributed by atoms with Crippen molar-refractivity contribution in [2.24, 2.45) is 5.92 Å². The van der Waals surface area contributed by atoms with Crippen molar-refractivity contribution in [3.8, 4) is 0 Å². The van der Waals surface area contributed by atoms with Gasteiger partial charge in [0, 0.05) is 23.6 Å². The maximum Gasteiger partial charge on any atom is 0.0802 e. The van der Waals surface area contributed by atoms with Gasteiger partial charge in [0.05, 0.1) is 6.10 Å². The molecule has 0 fully saturated rings. The first-order valence-electron chi connectivity index (χ1n) is 8.15. The van der Waals surface area contributed by atoms with Crippen molar-refractivity contribution in [3.63, 3.8) is 0 Å². The summed E-state index contributed by atoms with van der Waals surface area (Å²) in [5.74, 6) is 0.661. The zero-order chi connectivity index (χ0) is 15.8. The van der Waals surface area contributed by atoms with Gasteiger partial charge in [-0.25, -0.2) is 0 Å². The van der Waals surface area contributed by atoms with E-state index in [2.05, 4.69) is 48.5 Å². The maximum absolute atomic E-state index is 10.4. The second-order valence-electron chi connectivity index (χ2n) is 6.22. The third kappa shape index (κ3) is 6.50. The second-order valence-corrected chi connectivity index (χ2v) is 7.13. The van der Waals surface area contributed by atoms with E-state index >= 15 is 0 Å². The van der Waals surface area contributed by atoms with Gasteiger partial charge in [-0.3, -0.25) is 0 Å². The Balaban J connectivity index is 2.62. The Morgan fingerprint density at radius 3 is 2.38 bits per heavy atom. The number of rotatable bonds is 9. The summed E-state index contributed by atoms with van der Waals surface area (Å²) < 4.78 is 1.03. The van der Waals surface area contributed by atoms with Crippen LogP contribution < -0.4 is 0 Å². The number of hydrogen-bond acceptors (Lipinski definition) is 2. The molecule has 0 heterocycles. The van der Waals surface area contributed by atoms with Crippen LogP contribution in [-0.4, -0.2) is 29.1 Å². The smallest absolute Gasteiger partial charge is 0.0802 e. The van der Waals surface area contributed by atoms with Crippen LogP contribution in [0, 0.1) is 5.92 Å². The van der Waals surface area contributed by atoms with Gasteiger partial charge < -0.3 is 10.0 Å². The van der Waals surface area contributed by atoms with Crippen LogP contribution in [0.5, 0.6) is 0 Å². The van der Waals surface area contributed by atoms with E-state index in [0.29, 0.717) is 12.0 Å². The normalized spacial score (nSPS) is 13.4. The molecular formula is C18H30BrNO.